The third-order valence-corrected chi connectivity index (χ3v) is 5.93. The zero-order valence-corrected chi connectivity index (χ0v) is 18.8. The van der Waals surface area contributed by atoms with Gasteiger partial charge in [0.25, 0.3) is 5.91 Å². The summed E-state index contributed by atoms with van der Waals surface area (Å²) >= 11 is 0. The Bertz CT molecular complexity index is 1500. The lowest BCUT2D eigenvalue weighted by Gasteiger charge is -2.28. The molecule has 0 bridgehead atoms. The number of nitrogen functional groups attached to an aromatic ring is 1. The standard InChI is InChI=1S/C26H23FN6O/c1-16-12-19-13-18(9-10-22(19)31-25(16)28)26(34)33(17(2)21-6-5-7-23(27)30-21)15-20-14-32-11-4-3-8-24(32)29-20/h3-14,17H,15H2,1-2H3,(H2,28,31). The van der Waals surface area contributed by atoms with E-state index in [0.717, 1.165) is 16.6 Å². The van der Waals surface area contributed by atoms with E-state index in [4.69, 9.17) is 5.73 Å². The molecule has 7 nitrogen and oxygen atoms in total. The molecule has 4 aromatic heterocycles. The summed E-state index contributed by atoms with van der Waals surface area (Å²) in [5, 5.41) is 0.821. The van der Waals surface area contributed by atoms with Gasteiger partial charge in [-0.05, 0) is 67.9 Å². The Balaban J connectivity index is 1.55. The van der Waals surface area contributed by atoms with Crippen LogP contribution >= 0.6 is 0 Å². The van der Waals surface area contributed by atoms with Crippen LogP contribution in [-0.4, -0.2) is 30.2 Å². The van der Waals surface area contributed by atoms with Gasteiger partial charge in [0.15, 0.2) is 0 Å². The predicted octanol–water partition coefficient (Wildman–Crippen LogP) is 4.71. The van der Waals surface area contributed by atoms with Crippen LogP contribution in [0, 0.1) is 12.9 Å². The Morgan fingerprint density at radius 3 is 2.74 bits per heavy atom. The van der Waals surface area contributed by atoms with Crippen LogP contribution in [0.1, 0.15) is 40.3 Å². The zero-order valence-electron chi connectivity index (χ0n) is 18.8. The van der Waals surface area contributed by atoms with Gasteiger partial charge in [-0.25, -0.2) is 15.0 Å². The van der Waals surface area contributed by atoms with E-state index in [1.54, 1.807) is 35.2 Å². The Morgan fingerprint density at radius 2 is 1.94 bits per heavy atom. The first-order valence-corrected chi connectivity index (χ1v) is 10.9. The van der Waals surface area contributed by atoms with Gasteiger partial charge >= 0.3 is 0 Å². The Labute approximate surface area is 195 Å². The molecule has 0 saturated carbocycles. The molecule has 1 aromatic carbocycles. The first-order chi connectivity index (χ1) is 16.4. The second kappa shape index (κ2) is 8.55. The Morgan fingerprint density at radius 1 is 1.09 bits per heavy atom. The number of rotatable bonds is 5. The Hall–Kier alpha value is -4.33. The van der Waals surface area contributed by atoms with Crippen LogP contribution < -0.4 is 5.73 Å². The number of halogens is 1. The van der Waals surface area contributed by atoms with Crippen LogP contribution in [0.4, 0.5) is 10.2 Å². The average Bonchev–Trinajstić information content (AvgIpc) is 3.25. The van der Waals surface area contributed by atoms with Gasteiger partial charge in [-0.3, -0.25) is 4.79 Å². The number of pyridine rings is 3. The second-order valence-corrected chi connectivity index (χ2v) is 8.29. The van der Waals surface area contributed by atoms with Gasteiger partial charge in [0.1, 0.15) is 11.5 Å². The summed E-state index contributed by atoms with van der Waals surface area (Å²) in [6.07, 6.45) is 3.79. The molecule has 0 radical (unpaired) electrons. The maximum atomic E-state index is 13.9. The van der Waals surface area contributed by atoms with E-state index in [1.807, 2.05) is 54.9 Å². The molecule has 8 heteroatoms. The van der Waals surface area contributed by atoms with Crippen molar-refractivity contribution in [1.29, 1.82) is 0 Å². The average molecular weight is 455 g/mol. The normalized spacial score (nSPS) is 12.2. The molecule has 0 aliphatic rings. The van der Waals surface area contributed by atoms with Gasteiger partial charge in [-0.2, -0.15) is 4.39 Å². The lowest BCUT2D eigenvalue weighted by atomic mass is 10.1. The molecule has 0 aliphatic carbocycles. The molecule has 5 rings (SSSR count). The first-order valence-electron chi connectivity index (χ1n) is 10.9. The number of anilines is 1. The highest BCUT2D eigenvalue weighted by Gasteiger charge is 2.25. The van der Waals surface area contributed by atoms with Gasteiger partial charge < -0.3 is 15.0 Å². The van der Waals surface area contributed by atoms with Crippen molar-refractivity contribution < 1.29 is 9.18 Å². The summed E-state index contributed by atoms with van der Waals surface area (Å²) in [4.78, 5) is 28.5. The fourth-order valence-electron chi connectivity index (χ4n) is 4.03. The zero-order chi connectivity index (χ0) is 23.8. The van der Waals surface area contributed by atoms with Crippen LogP contribution in [0.3, 0.4) is 0 Å². The van der Waals surface area contributed by atoms with Crippen LogP contribution in [0.15, 0.2) is 73.1 Å². The number of carbonyl (C=O) groups excluding carboxylic acids is 1. The summed E-state index contributed by atoms with van der Waals surface area (Å²) in [6.45, 7) is 3.95. The van der Waals surface area contributed by atoms with Crippen LogP contribution in [-0.2, 0) is 6.54 Å². The van der Waals surface area contributed by atoms with E-state index in [2.05, 4.69) is 15.0 Å². The van der Waals surface area contributed by atoms with Crippen molar-refractivity contribution in [3.8, 4) is 0 Å². The number of carbonyl (C=O) groups is 1. The van der Waals surface area contributed by atoms with Gasteiger partial charge in [0, 0.05) is 23.3 Å². The smallest absolute Gasteiger partial charge is 0.254 e. The van der Waals surface area contributed by atoms with Gasteiger partial charge in [-0.1, -0.05) is 12.1 Å². The van der Waals surface area contributed by atoms with Crippen molar-refractivity contribution in [3.05, 3.63) is 102 Å². The fourth-order valence-corrected chi connectivity index (χ4v) is 4.03. The van der Waals surface area contributed by atoms with Crippen LogP contribution in [0.5, 0.6) is 0 Å². The van der Waals surface area contributed by atoms with E-state index < -0.39 is 12.0 Å². The maximum absolute atomic E-state index is 13.9. The molecule has 5 aromatic rings. The second-order valence-electron chi connectivity index (χ2n) is 8.29. The molecule has 4 heterocycles. The van der Waals surface area contributed by atoms with E-state index in [-0.39, 0.29) is 12.5 Å². The summed E-state index contributed by atoms with van der Waals surface area (Å²) in [6, 6.07) is 17.1. The summed E-state index contributed by atoms with van der Waals surface area (Å²) in [7, 11) is 0. The molecule has 1 atom stereocenters. The molecule has 34 heavy (non-hydrogen) atoms. The SMILES string of the molecule is Cc1cc2cc(C(=O)N(Cc3cn4ccccc4n3)C(C)c3cccc(F)n3)ccc2nc1N. The topological polar surface area (TPSA) is 89.4 Å². The molecule has 1 amide bonds. The number of fused-ring (bicyclic) bond motifs is 2. The molecule has 0 aliphatic heterocycles. The monoisotopic (exact) mass is 454 g/mol. The van der Waals surface area contributed by atoms with E-state index in [9.17, 15) is 9.18 Å². The van der Waals surface area contributed by atoms with Gasteiger partial charge in [-0.15, -0.1) is 0 Å². The third-order valence-electron chi connectivity index (χ3n) is 5.93. The van der Waals surface area contributed by atoms with Crippen molar-refractivity contribution in [1.82, 2.24) is 24.3 Å². The first kappa shape index (κ1) is 21.5. The largest absolute Gasteiger partial charge is 0.383 e. The number of hydrogen-bond acceptors (Lipinski definition) is 5. The quantitative estimate of drug-likeness (QED) is 0.389. The van der Waals surface area contributed by atoms with E-state index in [0.29, 0.717) is 28.3 Å². The lowest BCUT2D eigenvalue weighted by Crippen LogP contribution is -2.34. The third kappa shape index (κ3) is 4.05. The molecule has 2 N–H and O–H groups in total. The Kier molecular flexibility index (Phi) is 5.41. The highest BCUT2D eigenvalue weighted by Crippen LogP contribution is 2.26. The number of imidazole rings is 1. The lowest BCUT2D eigenvalue weighted by molar-refractivity contribution is 0.0667. The molecular formula is C26H23FN6O. The highest BCUT2D eigenvalue weighted by molar-refractivity contribution is 5.98. The van der Waals surface area contributed by atoms with Gasteiger partial charge in [0.05, 0.1) is 29.5 Å². The number of amides is 1. The van der Waals surface area contributed by atoms with Crippen molar-refractivity contribution in [3.63, 3.8) is 0 Å². The predicted molar refractivity (Wildman–Crippen MR) is 129 cm³/mol. The summed E-state index contributed by atoms with van der Waals surface area (Å²) in [5.74, 6) is -0.341. The van der Waals surface area contributed by atoms with E-state index in [1.165, 1.54) is 6.07 Å². The van der Waals surface area contributed by atoms with Crippen molar-refractivity contribution >= 4 is 28.3 Å². The molecule has 170 valence electrons. The number of nitrogens with two attached hydrogens (primary N) is 1. The molecule has 0 fully saturated rings. The number of benzene rings is 1. The minimum Gasteiger partial charge on any atom is -0.383 e. The number of hydrogen-bond donors (Lipinski definition) is 1. The summed E-state index contributed by atoms with van der Waals surface area (Å²) in [5.41, 5.74) is 9.94. The van der Waals surface area contributed by atoms with Gasteiger partial charge in [0.2, 0.25) is 5.95 Å². The van der Waals surface area contributed by atoms with Crippen LogP contribution in [0.2, 0.25) is 0 Å². The molecule has 1 unspecified atom stereocenters. The molecular weight excluding hydrogens is 431 g/mol. The molecule has 0 spiro atoms. The van der Waals surface area contributed by atoms with E-state index >= 15 is 0 Å². The summed E-state index contributed by atoms with van der Waals surface area (Å²) < 4.78 is 15.8. The number of nitrogens with zero attached hydrogens (tertiary/aromatic N) is 5. The number of aromatic nitrogens is 4. The minimum absolute atomic E-state index is 0.216. The maximum Gasteiger partial charge on any atom is 0.254 e. The fraction of sp³-hybridized carbons (Fsp3) is 0.154. The van der Waals surface area contributed by atoms with Crippen LogP contribution in [0.25, 0.3) is 16.6 Å². The van der Waals surface area contributed by atoms with Crippen molar-refractivity contribution in [2.75, 3.05) is 5.73 Å². The number of aryl methyl sites for hydroxylation is 1. The molecule has 0 saturated heterocycles. The van der Waals surface area contributed by atoms with Crippen molar-refractivity contribution in [2.24, 2.45) is 0 Å². The highest BCUT2D eigenvalue weighted by atomic mass is 19.1. The van der Waals surface area contributed by atoms with Crippen molar-refractivity contribution in [2.45, 2.75) is 26.4 Å². The minimum atomic E-state index is -0.589.